The van der Waals surface area contributed by atoms with E-state index in [0.29, 0.717) is 11.8 Å². The van der Waals surface area contributed by atoms with Gasteiger partial charge in [0.1, 0.15) is 0 Å². The van der Waals surface area contributed by atoms with Crippen molar-refractivity contribution in [3.8, 4) is 0 Å². The Morgan fingerprint density at radius 3 is 2.50 bits per heavy atom. The lowest BCUT2D eigenvalue weighted by Gasteiger charge is -2.37. The molecule has 1 aliphatic carbocycles. The van der Waals surface area contributed by atoms with Crippen LogP contribution in [-0.2, 0) is 4.79 Å². The lowest BCUT2D eigenvalue weighted by Crippen LogP contribution is -2.46. The quantitative estimate of drug-likeness (QED) is 0.702. The maximum Gasteiger partial charge on any atom is 0.225 e. The molecule has 1 amide bonds. The van der Waals surface area contributed by atoms with Crippen LogP contribution in [0.5, 0.6) is 0 Å². The minimum atomic E-state index is 0.147. The normalized spacial score (nSPS) is 35.0. The summed E-state index contributed by atoms with van der Waals surface area (Å²) in [5, 5.41) is 0.147. The molecular weight excluding hydrogens is 270 g/mol. The van der Waals surface area contributed by atoms with Gasteiger partial charge in [-0.25, -0.2) is 0 Å². The molecule has 0 aromatic rings. The van der Waals surface area contributed by atoms with Crippen LogP contribution < -0.4 is 0 Å². The molecule has 116 valence electrons. The summed E-state index contributed by atoms with van der Waals surface area (Å²) in [6, 6.07) is 0. The molecule has 0 spiro atoms. The van der Waals surface area contributed by atoms with Crippen LogP contribution in [0.4, 0.5) is 0 Å². The number of unbranched alkanes of at least 4 members (excludes halogenated alkanes) is 1. The molecule has 0 bridgehead atoms. The SMILES string of the molecule is CCCCC1CCC(C(=O)N2CCC(C)C(Cl)C2)CC1. The maximum absolute atomic E-state index is 12.6. The van der Waals surface area contributed by atoms with Gasteiger partial charge in [-0.3, -0.25) is 4.79 Å². The molecule has 1 saturated carbocycles. The number of amides is 1. The fraction of sp³-hybridized carbons (Fsp3) is 0.941. The second kappa shape index (κ2) is 7.68. The Kier molecular flexibility index (Phi) is 6.20. The number of carbonyl (C=O) groups excluding carboxylic acids is 1. The van der Waals surface area contributed by atoms with Gasteiger partial charge in [0, 0.05) is 19.0 Å². The standard InChI is InChI=1S/C17H30ClNO/c1-3-4-5-14-6-8-15(9-7-14)17(20)19-11-10-13(2)16(18)12-19/h13-16H,3-12H2,1-2H3. The van der Waals surface area contributed by atoms with Gasteiger partial charge in [-0.15, -0.1) is 11.6 Å². The predicted octanol–water partition coefficient (Wildman–Crippen LogP) is 4.46. The second-order valence-corrected chi connectivity index (χ2v) is 7.49. The number of nitrogens with zero attached hydrogens (tertiary/aromatic N) is 1. The Labute approximate surface area is 129 Å². The molecule has 1 aliphatic heterocycles. The molecule has 3 heteroatoms. The van der Waals surface area contributed by atoms with E-state index in [2.05, 4.69) is 13.8 Å². The molecule has 2 nitrogen and oxygen atoms in total. The first-order valence-corrected chi connectivity index (χ1v) is 8.98. The van der Waals surface area contributed by atoms with Crippen molar-refractivity contribution in [2.45, 2.75) is 70.6 Å². The van der Waals surface area contributed by atoms with Crippen LogP contribution in [0.25, 0.3) is 0 Å². The second-order valence-electron chi connectivity index (χ2n) is 6.93. The third kappa shape index (κ3) is 4.13. The highest BCUT2D eigenvalue weighted by atomic mass is 35.5. The van der Waals surface area contributed by atoms with Gasteiger partial charge in [-0.2, -0.15) is 0 Å². The summed E-state index contributed by atoms with van der Waals surface area (Å²) in [4.78, 5) is 14.6. The highest BCUT2D eigenvalue weighted by Crippen LogP contribution is 2.34. The number of hydrogen-bond acceptors (Lipinski definition) is 1. The third-order valence-electron chi connectivity index (χ3n) is 5.34. The first-order chi connectivity index (χ1) is 9.61. The van der Waals surface area contributed by atoms with E-state index in [1.165, 1.54) is 32.1 Å². The zero-order valence-corrected chi connectivity index (χ0v) is 13.9. The third-order valence-corrected chi connectivity index (χ3v) is 5.91. The molecule has 0 aromatic heterocycles. The van der Waals surface area contributed by atoms with Gasteiger partial charge < -0.3 is 4.90 Å². The molecule has 1 heterocycles. The van der Waals surface area contributed by atoms with Crippen molar-refractivity contribution >= 4 is 17.5 Å². The lowest BCUT2D eigenvalue weighted by molar-refractivity contribution is -0.138. The van der Waals surface area contributed by atoms with Crippen molar-refractivity contribution in [1.29, 1.82) is 0 Å². The highest BCUT2D eigenvalue weighted by Gasteiger charge is 2.33. The zero-order valence-electron chi connectivity index (χ0n) is 13.1. The number of alkyl halides is 1. The Bertz CT molecular complexity index is 312. The van der Waals surface area contributed by atoms with Gasteiger partial charge >= 0.3 is 0 Å². The summed E-state index contributed by atoms with van der Waals surface area (Å²) in [6.07, 6.45) is 9.78. The Morgan fingerprint density at radius 2 is 1.90 bits per heavy atom. The summed E-state index contributed by atoms with van der Waals surface area (Å²) in [5.41, 5.74) is 0. The smallest absolute Gasteiger partial charge is 0.225 e. The fourth-order valence-corrected chi connectivity index (χ4v) is 3.96. The monoisotopic (exact) mass is 299 g/mol. The van der Waals surface area contributed by atoms with Crippen molar-refractivity contribution in [1.82, 2.24) is 4.90 Å². The minimum absolute atomic E-state index is 0.147. The summed E-state index contributed by atoms with van der Waals surface area (Å²) >= 11 is 6.33. The lowest BCUT2D eigenvalue weighted by atomic mass is 9.79. The van der Waals surface area contributed by atoms with E-state index in [0.717, 1.165) is 38.3 Å². The van der Waals surface area contributed by atoms with Gasteiger partial charge in [-0.1, -0.05) is 33.1 Å². The molecule has 0 radical (unpaired) electrons. The molecule has 2 atom stereocenters. The van der Waals surface area contributed by atoms with Crippen molar-refractivity contribution in [2.75, 3.05) is 13.1 Å². The zero-order chi connectivity index (χ0) is 14.5. The topological polar surface area (TPSA) is 20.3 Å². The van der Waals surface area contributed by atoms with Crippen molar-refractivity contribution in [3.05, 3.63) is 0 Å². The summed E-state index contributed by atoms with van der Waals surface area (Å²) in [6.45, 7) is 6.13. The van der Waals surface area contributed by atoms with E-state index >= 15 is 0 Å². The van der Waals surface area contributed by atoms with Crippen LogP contribution >= 0.6 is 11.6 Å². The Balaban J connectivity index is 1.77. The number of hydrogen-bond donors (Lipinski definition) is 0. The van der Waals surface area contributed by atoms with Crippen molar-refractivity contribution in [3.63, 3.8) is 0 Å². The molecule has 1 saturated heterocycles. The molecule has 2 unspecified atom stereocenters. The van der Waals surface area contributed by atoms with Gasteiger partial charge in [0.15, 0.2) is 0 Å². The van der Waals surface area contributed by atoms with Crippen molar-refractivity contribution in [2.24, 2.45) is 17.8 Å². The van der Waals surface area contributed by atoms with Gasteiger partial charge in [0.05, 0.1) is 5.38 Å². The van der Waals surface area contributed by atoms with Crippen LogP contribution in [0.3, 0.4) is 0 Å². The molecule has 0 aromatic carbocycles. The average molecular weight is 300 g/mol. The fourth-order valence-electron chi connectivity index (χ4n) is 3.67. The Hall–Kier alpha value is -0.240. The largest absolute Gasteiger partial charge is 0.341 e. The van der Waals surface area contributed by atoms with Crippen LogP contribution in [0.15, 0.2) is 0 Å². The minimum Gasteiger partial charge on any atom is -0.341 e. The number of likely N-dealkylation sites (tertiary alicyclic amines) is 1. The molecule has 0 N–H and O–H groups in total. The van der Waals surface area contributed by atoms with Crippen LogP contribution in [0.2, 0.25) is 0 Å². The molecule has 20 heavy (non-hydrogen) atoms. The molecular formula is C17H30ClNO. The summed E-state index contributed by atoms with van der Waals surface area (Å²) in [5.74, 6) is 2.09. The van der Waals surface area contributed by atoms with Crippen LogP contribution in [0, 0.1) is 17.8 Å². The van der Waals surface area contributed by atoms with E-state index in [1.807, 2.05) is 4.90 Å². The number of rotatable bonds is 4. The Morgan fingerprint density at radius 1 is 1.20 bits per heavy atom. The molecule has 2 rings (SSSR count). The first kappa shape index (κ1) is 16.1. The van der Waals surface area contributed by atoms with Crippen LogP contribution in [0.1, 0.15) is 65.2 Å². The number of piperidine rings is 1. The van der Waals surface area contributed by atoms with E-state index in [-0.39, 0.29) is 11.3 Å². The van der Waals surface area contributed by atoms with Gasteiger partial charge in [0.25, 0.3) is 0 Å². The average Bonchev–Trinajstić information content (AvgIpc) is 2.48. The number of halogens is 1. The predicted molar refractivity (Wildman–Crippen MR) is 85.0 cm³/mol. The molecule has 2 aliphatic rings. The van der Waals surface area contributed by atoms with Gasteiger partial charge in [-0.05, 0) is 43.9 Å². The summed E-state index contributed by atoms with van der Waals surface area (Å²) < 4.78 is 0. The highest BCUT2D eigenvalue weighted by molar-refractivity contribution is 6.21. The maximum atomic E-state index is 12.6. The van der Waals surface area contributed by atoms with Crippen LogP contribution in [-0.4, -0.2) is 29.3 Å². The van der Waals surface area contributed by atoms with E-state index in [1.54, 1.807) is 0 Å². The van der Waals surface area contributed by atoms with Crippen molar-refractivity contribution < 1.29 is 4.79 Å². The van der Waals surface area contributed by atoms with E-state index in [4.69, 9.17) is 11.6 Å². The van der Waals surface area contributed by atoms with E-state index in [9.17, 15) is 4.79 Å². The van der Waals surface area contributed by atoms with E-state index < -0.39 is 0 Å². The van der Waals surface area contributed by atoms with Gasteiger partial charge in [0.2, 0.25) is 5.91 Å². The summed E-state index contributed by atoms with van der Waals surface area (Å²) in [7, 11) is 0. The number of carbonyl (C=O) groups is 1. The first-order valence-electron chi connectivity index (χ1n) is 8.54. The molecule has 2 fully saturated rings.